The van der Waals surface area contributed by atoms with E-state index in [2.05, 4.69) is 4.90 Å². The first-order chi connectivity index (χ1) is 10.6. The Kier molecular flexibility index (Phi) is 6.49. The Hall–Kier alpha value is -1.30. The third kappa shape index (κ3) is 4.87. The lowest BCUT2D eigenvalue weighted by Crippen LogP contribution is -2.36. The van der Waals surface area contributed by atoms with Crippen LogP contribution < -0.4 is 10.5 Å². The summed E-state index contributed by atoms with van der Waals surface area (Å²) < 4.78 is 5.25. The zero-order chi connectivity index (χ0) is 15.9. The van der Waals surface area contributed by atoms with Gasteiger partial charge in [0.15, 0.2) is 6.61 Å². The Labute approximate surface area is 136 Å². The van der Waals surface area contributed by atoms with Crippen LogP contribution in [0.5, 0.6) is 5.75 Å². The molecule has 1 aromatic rings. The first-order valence-corrected chi connectivity index (χ1v) is 8.02. The number of halogens is 1. The van der Waals surface area contributed by atoms with Crippen LogP contribution >= 0.6 is 11.6 Å². The van der Waals surface area contributed by atoms with Crippen molar-refractivity contribution in [3.05, 3.63) is 28.8 Å². The van der Waals surface area contributed by atoms with Crippen molar-refractivity contribution in [1.29, 1.82) is 0 Å². The van der Waals surface area contributed by atoms with Crippen LogP contribution in [0, 0.1) is 0 Å². The first-order valence-electron chi connectivity index (χ1n) is 7.64. The van der Waals surface area contributed by atoms with Gasteiger partial charge in [0.25, 0.3) is 5.91 Å². The SMILES string of the molecule is NC(=O)COc1ccc(CN2CCCCCC2CO)cc1Cl. The molecule has 1 aliphatic rings. The fourth-order valence-corrected chi connectivity index (χ4v) is 3.05. The Morgan fingerprint density at radius 3 is 2.91 bits per heavy atom. The van der Waals surface area contributed by atoms with Gasteiger partial charge in [-0.2, -0.15) is 0 Å². The van der Waals surface area contributed by atoms with E-state index in [-0.39, 0.29) is 19.3 Å². The number of nitrogens with two attached hydrogens (primary N) is 1. The van der Waals surface area contributed by atoms with Gasteiger partial charge in [-0.1, -0.05) is 30.5 Å². The van der Waals surface area contributed by atoms with E-state index in [0.717, 1.165) is 31.5 Å². The first kappa shape index (κ1) is 17.1. The monoisotopic (exact) mass is 326 g/mol. The normalized spacial score (nSPS) is 19.6. The van der Waals surface area contributed by atoms with E-state index in [4.69, 9.17) is 22.1 Å². The molecule has 1 saturated heterocycles. The summed E-state index contributed by atoms with van der Waals surface area (Å²) in [6.45, 7) is 1.75. The number of ether oxygens (including phenoxy) is 1. The quantitative estimate of drug-likeness (QED) is 0.837. The number of benzene rings is 1. The molecule has 0 saturated carbocycles. The van der Waals surface area contributed by atoms with Crippen molar-refractivity contribution >= 4 is 17.5 Å². The lowest BCUT2D eigenvalue weighted by Gasteiger charge is -2.28. The van der Waals surface area contributed by atoms with Crippen molar-refractivity contribution < 1.29 is 14.6 Å². The highest BCUT2D eigenvalue weighted by Gasteiger charge is 2.20. The summed E-state index contributed by atoms with van der Waals surface area (Å²) >= 11 is 6.19. The van der Waals surface area contributed by atoms with Crippen molar-refractivity contribution in [3.63, 3.8) is 0 Å². The molecule has 1 fully saturated rings. The van der Waals surface area contributed by atoms with Crippen LogP contribution in [0.1, 0.15) is 31.2 Å². The van der Waals surface area contributed by atoms with Crippen molar-refractivity contribution in [1.82, 2.24) is 4.90 Å². The average molecular weight is 327 g/mol. The summed E-state index contributed by atoms with van der Waals surface area (Å²) in [5, 5.41) is 10.0. The zero-order valence-corrected chi connectivity index (χ0v) is 13.4. The van der Waals surface area contributed by atoms with E-state index in [0.29, 0.717) is 10.8 Å². The fourth-order valence-electron chi connectivity index (χ4n) is 2.79. The van der Waals surface area contributed by atoms with Crippen molar-refractivity contribution in [3.8, 4) is 5.75 Å². The molecule has 0 radical (unpaired) electrons. The molecule has 0 aromatic heterocycles. The number of amides is 1. The van der Waals surface area contributed by atoms with E-state index in [1.54, 1.807) is 6.07 Å². The molecule has 1 aliphatic heterocycles. The summed E-state index contributed by atoms with van der Waals surface area (Å²) in [7, 11) is 0. The van der Waals surface area contributed by atoms with E-state index in [1.807, 2.05) is 12.1 Å². The number of aliphatic hydroxyl groups is 1. The Balaban J connectivity index is 2.02. The predicted octanol–water partition coefficient (Wildman–Crippen LogP) is 1.94. The third-order valence-electron chi connectivity index (χ3n) is 3.96. The van der Waals surface area contributed by atoms with E-state index < -0.39 is 5.91 Å². The Morgan fingerprint density at radius 2 is 2.23 bits per heavy atom. The van der Waals surface area contributed by atoms with Gasteiger partial charge in [0, 0.05) is 12.6 Å². The molecule has 22 heavy (non-hydrogen) atoms. The summed E-state index contributed by atoms with van der Waals surface area (Å²) in [6, 6.07) is 5.75. The topological polar surface area (TPSA) is 75.8 Å². The van der Waals surface area contributed by atoms with Gasteiger partial charge in [-0.25, -0.2) is 0 Å². The van der Waals surface area contributed by atoms with Crippen LogP contribution in [0.15, 0.2) is 18.2 Å². The highest BCUT2D eigenvalue weighted by molar-refractivity contribution is 6.32. The van der Waals surface area contributed by atoms with Gasteiger partial charge in [-0.05, 0) is 37.1 Å². The molecule has 6 heteroatoms. The molecule has 122 valence electrons. The molecule has 0 bridgehead atoms. The van der Waals surface area contributed by atoms with Crippen LogP contribution in [-0.4, -0.2) is 41.7 Å². The minimum Gasteiger partial charge on any atom is -0.482 e. The number of carbonyl (C=O) groups excluding carboxylic acids is 1. The highest BCUT2D eigenvalue weighted by Crippen LogP contribution is 2.27. The molecule has 1 unspecified atom stereocenters. The molecule has 0 aliphatic carbocycles. The van der Waals surface area contributed by atoms with Gasteiger partial charge >= 0.3 is 0 Å². The molecule has 3 N–H and O–H groups in total. The molecular weight excluding hydrogens is 304 g/mol. The number of primary amides is 1. The van der Waals surface area contributed by atoms with E-state index in [1.165, 1.54) is 12.8 Å². The van der Waals surface area contributed by atoms with Gasteiger partial charge in [0.05, 0.1) is 11.6 Å². The predicted molar refractivity (Wildman–Crippen MR) is 85.9 cm³/mol. The van der Waals surface area contributed by atoms with Crippen LogP contribution in [0.25, 0.3) is 0 Å². The Morgan fingerprint density at radius 1 is 1.41 bits per heavy atom. The fraction of sp³-hybridized carbons (Fsp3) is 0.562. The largest absolute Gasteiger partial charge is 0.482 e. The number of hydrogen-bond acceptors (Lipinski definition) is 4. The van der Waals surface area contributed by atoms with Crippen molar-refractivity contribution in [2.75, 3.05) is 19.8 Å². The summed E-state index contributed by atoms with van der Waals surface area (Å²) in [5.74, 6) is -0.0747. The van der Waals surface area contributed by atoms with Gasteiger partial charge in [-0.3, -0.25) is 9.69 Å². The Bertz CT molecular complexity index is 510. The zero-order valence-electron chi connectivity index (χ0n) is 12.6. The molecule has 2 rings (SSSR count). The number of rotatable bonds is 6. The number of nitrogens with zero attached hydrogens (tertiary/aromatic N) is 1. The number of likely N-dealkylation sites (tertiary alicyclic amines) is 1. The number of hydrogen-bond donors (Lipinski definition) is 2. The highest BCUT2D eigenvalue weighted by atomic mass is 35.5. The molecule has 5 nitrogen and oxygen atoms in total. The summed E-state index contributed by atoms with van der Waals surface area (Å²) in [4.78, 5) is 13.0. The lowest BCUT2D eigenvalue weighted by molar-refractivity contribution is -0.119. The second-order valence-corrected chi connectivity index (χ2v) is 6.08. The van der Waals surface area contributed by atoms with Gasteiger partial charge in [0.2, 0.25) is 0 Å². The molecular formula is C16H23ClN2O3. The maximum atomic E-state index is 10.7. The molecule has 1 heterocycles. The maximum absolute atomic E-state index is 10.7. The third-order valence-corrected chi connectivity index (χ3v) is 4.26. The standard InChI is InChI=1S/C16H23ClN2O3/c17-14-8-12(5-6-15(14)22-11-16(18)21)9-19-7-3-1-2-4-13(19)10-20/h5-6,8,13,20H,1-4,7,9-11H2,(H2,18,21). The van der Waals surface area contributed by atoms with Crippen molar-refractivity contribution in [2.24, 2.45) is 5.73 Å². The molecule has 0 spiro atoms. The minimum atomic E-state index is -0.532. The second-order valence-electron chi connectivity index (χ2n) is 5.68. The van der Waals surface area contributed by atoms with Gasteiger partial charge in [-0.15, -0.1) is 0 Å². The smallest absolute Gasteiger partial charge is 0.255 e. The van der Waals surface area contributed by atoms with E-state index in [9.17, 15) is 9.90 Å². The van der Waals surface area contributed by atoms with E-state index >= 15 is 0 Å². The minimum absolute atomic E-state index is 0.183. The molecule has 1 aromatic carbocycles. The molecule has 1 amide bonds. The van der Waals surface area contributed by atoms with Crippen LogP contribution in [-0.2, 0) is 11.3 Å². The summed E-state index contributed by atoms with van der Waals surface area (Å²) in [6.07, 6.45) is 4.57. The molecule has 1 atom stereocenters. The number of aliphatic hydroxyl groups excluding tert-OH is 1. The number of carbonyl (C=O) groups is 1. The van der Waals surface area contributed by atoms with Crippen LogP contribution in [0.4, 0.5) is 0 Å². The van der Waals surface area contributed by atoms with Gasteiger partial charge < -0.3 is 15.6 Å². The second kappa shape index (κ2) is 8.36. The maximum Gasteiger partial charge on any atom is 0.255 e. The van der Waals surface area contributed by atoms with Crippen LogP contribution in [0.2, 0.25) is 5.02 Å². The lowest BCUT2D eigenvalue weighted by atomic mass is 10.1. The van der Waals surface area contributed by atoms with Gasteiger partial charge in [0.1, 0.15) is 5.75 Å². The summed E-state index contributed by atoms with van der Waals surface area (Å²) in [5.41, 5.74) is 6.12. The average Bonchev–Trinajstić information content (AvgIpc) is 2.71. The van der Waals surface area contributed by atoms with Crippen LogP contribution in [0.3, 0.4) is 0 Å². The van der Waals surface area contributed by atoms with Crippen molar-refractivity contribution in [2.45, 2.75) is 38.3 Å².